The molecule has 3 aliphatic carbocycles. The molecule has 6 heteroatoms. The predicted octanol–water partition coefficient (Wildman–Crippen LogP) is 2.22. The first-order valence-electron chi connectivity index (χ1n) is 8.48. The monoisotopic (exact) mass is 335 g/mol. The zero-order valence-electron chi connectivity index (χ0n) is 13.6. The molecule has 0 N–H and O–H groups in total. The molecule has 0 aliphatic heterocycles. The van der Waals surface area contributed by atoms with Crippen molar-refractivity contribution >= 4 is 0 Å². The SMILES string of the molecule is O=c1c(=O)n(C23CC(C2)C3)ccn1Cc1cc(-c2ccccc2)on1. The van der Waals surface area contributed by atoms with E-state index in [-0.39, 0.29) is 12.1 Å². The highest BCUT2D eigenvalue weighted by Gasteiger charge is 2.58. The van der Waals surface area contributed by atoms with Crippen LogP contribution in [0.25, 0.3) is 11.3 Å². The average Bonchev–Trinajstić information content (AvgIpc) is 3.01. The number of aromatic nitrogens is 3. The maximum Gasteiger partial charge on any atom is 0.316 e. The summed E-state index contributed by atoms with van der Waals surface area (Å²) in [6.45, 7) is 0.223. The number of nitrogens with zero attached hydrogens (tertiary/aromatic N) is 3. The number of hydrogen-bond acceptors (Lipinski definition) is 4. The van der Waals surface area contributed by atoms with E-state index in [0.717, 1.165) is 30.7 Å². The molecule has 1 aromatic carbocycles. The van der Waals surface area contributed by atoms with Gasteiger partial charge in [-0.1, -0.05) is 35.5 Å². The molecule has 0 saturated heterocycles. The summed E-state index contributed by atoms with van der Waals surface area (Å²) >= 11 is 0. The summed E-state index contributed by atoms with van der Waals surface area (Å²) in [6.07, 6.45) is 6.51. The van der Waals surface area contributed by atoms with Gasteiger partial charge in [0, 0.05) is 29.6 Å². The lowest BCUT2D eigenvalue weighted by Crippen LogP contribution is -2.64. The maximum atomic E-state index is 12.5. The van der Waals surface area contributed by atoms with Crippen LogP contribution < -0.4 is 11.1 Å². The summed E-state index contributed by atoms with van der Waals surface area (Å²) in [5.41, 5.74) is 0.522. The van der Waals surface area contributed by atoms with Crippen molar-refractivity contribution in [2.24, 2.45) is 5.92 Å². The number of benzene rings is 1. The highest BCUT2D eigenvalue weighted by atomic mass is 16.5. The van der Waals surface area contributed by atoms with Crippen LogP contribution in [0.1, 0.15) is 25.0 Å². The summed E-state index contributed by atoms with van der Waals surface area (Å²) in [5.74, 6) is 1.40. The Hall–Kier alpha value is -2.89. The summed E-state index contributed by atoms with van der Waals surface area (Å²) < 4.78 is 8.40. The van der Waals surface area contributed by atoms with Gasteiger partial charge >= 0.3 is 11.1 Å². The van der Waals surface area contributed by atoms with E-state index in [9.17, 15) is 9.59 Å². The minimum Gasteiger partial charge on any atom is -0.356 e. The molecule has 3 aliphatic rings. The Bertz CT molecular complexity index is 1040. The van der Waals surface area contributed by atoms with Gasteiger partial charge in [-0.3, -0.25) is 9.59 Å². The second-order valence-electron chi connectivity index (χ2n) is 7.16. The standard InChI is InChI=1S/C19H17N3O3/c23-17-18(24)22(19-9-13(10-19)11-19)7-6-21(17)12-15-8-16(25-20-15)14-4-2-1-3-5-14/h1-8,13H,9-12H2. The van der Waals surface area contributed by atoms with Gasteiger partial charge in [0.1, 0.15) is 5.69 Å². The van der Waals surface area contributed by atoms with Crippen LogP contribution in [0.3, 0.4) is 0 Å². The topological polar surface area (TPSA) is 70.0 Å². The summed E-state index contributed by atoms with van der Waals surface area (Å²) in [6, 6.07) is 11.4. The summed E-state index contributed by atoms with van der Waals surface area (Å²) in [4.78, 5) is 24.9. The molecule has 0 atom stereocenters. The first kappa shape index (κ1) is 14.5. The molecule has 0 amide bonds. The van der Waals surface area contributed by atoms with Crippen LogP contribution in [0.15, 0.2) is 62.9 Å². The number of hydrogen-bond donors (Lipinski definition) is 0. The van der Waals surface area contributed by atoms with Crippen molar-refractivity contribution in [3.05, 3.63) is 75.2 Å². The van der Waals surface area contributed by atoms with Gasteiger partial charge in [0.25, 0.3) is 0 Å². The second kappa shape index (κ2) is 5.05. The fraction of sp³-hybridized carbons (Fsp3) is 0.316. The quantitative estimate of drug-likeness (QED) is 0.686. The van der Waals surface area contributed by atoms with Crippen LogP contribution in [0.4, 0.5) is 0 Å². The Morgan fingerprint density at radius 3 is 2.52 bits per heavy atom. The molecule has 25 heavy (non-hydrogen) atoms. The van der Waals surface area contributed by atoms with Gasteiger partial charge in [-0.25, -0.2) is 0 Å². The van der Waals surface area contributed by atoms with Crippen molar-refractivity contribution in [3.8, 4) is 11.3 Å². The van der Waals surface area contributed by atoms with Crippen LogP contribution in [-0.2, 0) is 12.1 Å². The third-order valence-electron chi connectivity index (χ3n) is 5.52. The van der Waals surface area contributed by atoms with Gasteiger partial charge < -0.3 is 13.7 Å². The Morgan fingerprint density at radius 2 is 1.84 bits per heavy atom. The van der Waals surface area contributed by atoms with Crippen LogP contribution in [0.5, 0.6) is 0 Å². The van der Waals surface area contributed by atoms with E-state index in [1.165, 1.54) is 4.57 Å². The van der Waals surface area contributed by atoms with Gasteiger partial charge in [0.05, 0.1) is 6.54 Å². The van der Waals surface area contributed by atoms with Gasteiger partial charge in [-0.15, -0.1) is 0 Å². The molecule has 0 radical (unpaired) electrons. The highest BCUT2D eigenvalue weighted by Crippen LogP contribution is 2.61. The van der Waals surface area contributed by atoms with Crippen LogP contribution in [0.2, 0.25) is 0 Å². The van der Waals surface area contributed by atoms with E-state index in [1.54, 1.807) is 23.0 Å². The molecule has 0 spiro atoms. The van der Waals surface area contributed by atoms with Crippen LogP contribution >= 0.6 is 0 Å². The zero-order chi connectivity index (χ0) is 17.0. The van der Waals surface area contributed by atoms with E-state index < -0.39 is 11.1 Å². The Kier molecular flexibility index (Phi) is 2.92. The average molecular weight is 335 g/mol. The first-order valence-corrected chi connectivity index (χ1v) is 8.48. The fourth-order valence-electron chi connectivity index (χ4n) is 4.03. The van der Waals surface area contributed by atoms with Crippen molar-refractivity contribution < 1.29 is 4.52 Å². The van der Waals surface area contributed by atoms with Crippen molar-refractivity contribution in [1.82, 2.24) is 14.3 Å². The van der Waals surface area contributed by atoms with Gasteiger partial charge in [0.15, 0.2) is 5.76 Å². The van der Waals surface area contributed by atoms with E-state index in [1.807, 2.05) is 30.3 Å². The zero-order valence-corrected chi connectivity index (χ0v) is 13.6. The van der Waals surface area contributed by atoms with Gasteiger partial charge in [-0.2, -0.15) is 0 Å². The normalized spacial score (nSPS) is 23.8. The van der Waals surface area contributed by atoms with E-state index in [0.29, 0.717) is 11.5 Å². The van der Waals surface area contributed by atoms with E-state index in [2.05, 4.69) is 5.16 Å². The third-order valence-corrected chi connectivity index (χ3v) is 5.52. The predicted molar refractivity (Wildman–Crippen MR) is 91.3 cm³/mol. The van der Waals surface area contributed by atoms with Crippen LogP contribution in [0, 0.1) is 5.92 Å². The third kappa shape index (κ3) is 2.13. The lowest BCUT2D eigenvalue weighted by atomic mass is 9.49. The molecule has 3 saturated carbocycles. The van der Waals surface area contributed by atoms with Crippen LogP contribution in [-0.4, -0.2) is 14.3 Å². The molecule has 6 nitrogen and oxygen atoms in total. The summed E-state index contributed by atoms with van der Waals surface area (Å²) in [5, 5.41) is 4.02. The smallest absolute Gasteiger partial charge is 0.316 e. The van der Waals surface area contributed by atoms with Gasteiger partial charge in [-0.05, 0) is 25.2 Å². The fourth-order valence-corrected chi connectivity index (χ4v) is 4.03. The minimum atomic E-state index is -0.503. The molecular weight excluding hydrogens is 318 g/mol. The molecular formula is C19H17N3O3. The molecule has 2 bridgehead atoms. The molecule has 3 fully saturated rings. The Labute approximate surface area is 143 Å². The second-order valence-corrected chi connectivity index (χ2v) is 7.16. The minimum absolute atomic E-state index is 0.0750. The van der Waals surface area contributed by atoms with Gasteiger partial charge in [0.2, 0.25) is 0 Å². The molecule has 2 heterocycles. The Balaban J connectivity index is 1.43. The molecule has 0 unspecified atom stereocenters. The van der Waals surface area contributed by atoms with Crippen molar-refractivity contribution in [3.63, 3.8) is 0 Å². The Morgan fingerprint density at radius 1 is 1.08 bits per heavy atom. The van der Waals surface area contributed by atoms with E-state index in [4.69, 9.17) is 4.52 Å². The molecule has 3 aromatic rings. The molecule has 6 rings (SSSR count). The lowest BCUT2D eigenvalue weighted by Gasteiger charge is -2.62. The summed E-state index contributed by atoms with van der Waals surface area (Å²) in [7, 11) is 0. The van der Waals surface area contributed by atoms with Crippen molar-refractivity contribution in [1.29, 1.82) is 0 Å². The lowest BCUT2D eigenvalue weighted by molar-refractivity contribution is -0.0919. The molecule has 2 aromatic heterocycles. The molecule has 126 valence electrons. The maximum absolute atomic E-state index is 12.5. The first-order chi connectivity index (χ1) is 12.1. The van der Waals surface area contributed by atoms with E-state index >= 15 is 0 Å². The largest absolute Gasteiger partial charge is 0.356 e. The van der Waals surface area contributed by atoms with Crippen molar-refractivity contribution in [2.75, 3.05) is 0 Å². The number of rotatable bonds is 4. The van der Waals surface area contributed by atoms with Crippen molar-refractivity contribution in [2.45, 2.75) is 31.3 Å². The highest BCUT2D eigenvalue weighted by molar-refractivity contribution is 5.56.